The van der Waals surface area contributed by atoms with Gasteiger partial charge in [0, 0.05) is 16.6 Å². The Morgan fingerprint density at radius 2 is 2.11 bits per heavy atom. The van der Waals surface area contributed by atoms with Crippen molar-refractivity contribution in [3.63, 3.8) is 0 Å². The van der Waals surface area contributed by atoms with E-state index in [1.54, 1.807) is 20.8 Å². The fraction of sp³-hybridized carbons (Fsp3) is 0.357. The van der Waals surface area contributed by atoms with Crippen LogP contribution in [0.4, 0.5) is 14.9 Å². The summed E-state index contributed by atoms with van der Waals surface area (Å²) in [6.45, 7) is 9.07. The van der Waals surface area contributed by atoms with Gasteiger partial charge >= 0.3 is 6.09 Å². The highest BCUT2D eigenvalue weighted by atomic mass is 79.9. The SMILES string of the molecule is C=C(CBr)c1cc(NC(=O)OC(C)(C)C)ccc1F. The zero-order chi connectivity index (χ0) is 14.6. The first-order valence-electron chi connectivity index (χ1n) is 5.76. The van der Waals surface area contributed by atoms with E-state index in [2.05, 4.69) is 27.8 Å². The lowest BCUT2D eigenvalue weighted by atomic mass is 10.1. The van der Waals surface area contributed by atoms with E-state index < -0.39 is 11.7 Å². The predicted octanol–water partition coefficient (Wildman–Crippen LogP) is 4.58. The fourth-order valence-electron chi connectivity index (χ4n) is 1.37. The zero-order valence-electron chi connectivity index (χ0n) is 11.2. The molecule has 0 atom stereocenters. The normalized spacial score (nSPS) is 11.0. The van der Waals surface area contributed by atoms with Crippen molar-refractivity contribution in [2.75, 3.05) is 10.6 Å². The van der Waals surface area contributed by atoms with Crippen LogP contribution in [0.25, 0.3) is 5.57 Å². The third kappa shape index (κ3) is 5.03. The first-order chi connectivity index (χ1) is 8.73. The minimum atomic E-state index is -0.577. The Kier molecular flexibility index (Phi) is 5.11. The minimum Gasteiger partial charge on any atom is -0.444 e. The third-order valence-corrected chi connectivity index (χ3v) is 2.83. The number of allylic oxidation sites excluding steroid dienone is 1. The maximum Gasteiger partial charge on any atom is 0.412 e. The maximum atomic E-state index is 13.6. The molecule has 0 aliphatic rings. The van der Waals surface area contributed by atoms with Crippen molar-refractivity contribution in [2.45, 2.75) is 26.4 Å². The molecule has 1 aromatic carbocycles. The Labute approximate surface area is 121 Å². The topological polar surface area (TPSA) is 38.3 Å². The molecule has 0 aromatic heterocycles. The van der Waals surface area contributed by atoms with Gasteiger partial charge in [-0.05, 0) is 44.5 Å². The lowest BCUT2D eigenvalue weighted by Crippen LogP contribution is -2.27. The smallest absolute Gasteiger partial charge is 0.412 e. The Bertz CT molecular complexity index is 495. The van der Waals surface area contributed by atoms with Gasteiger partial charge < -0.3 is 4.74 Å². The van der Waals surface area contributed by atoms with Gasteiger partial charge in [0.1, 0.15) is 11.4 Å². The molecule has 0 saturated heterocycles. The van der Waals surface area contributed by atoms with Crippen molar-refractivity contribution in [2.24, 2.45) is 0 Å². The van der Waals surface area contributed by atoms with Gasteiger partial charge in [-0.3, -0.25) is 5.32 Å². The summed E-state index contributed by atoms with van der Waals surface area (Å²) in [5.74, 6) is -0.376. The van der Waals surface area contributed by atoms with Crippen LogP contribution in [0.15, 0.2) is 24.8 Å². The predicted molar refractivity (Wildman–Crippen MR) is 79.1 cm³/mol. The number of ether oxygens (including phenoxy) is 1. The average molecular weight is 330 g/mol. The van der Waals surface area contributed by atoms with Crippen LogP contribution in [0.2, 0.25) is 0 Å². The monoisotopic (exact) mass is 329 g/mol. The Morgan fingerprint density at radius 1 is 1.47 bits per heavy atom. The fourth-order valence-corrected chi connectivity index (χ4v) is 1.67. The number of halogens is 2. The first-order valence-corrected chi connectivity index (χ1v) is 6.89. The van der Waals surface area contributed by atoms with Gasteiger partial charge in [0.15, 0.2) is 0 Å². The minimum absolute atomic E-state index is 0.366. The van der Waals surface area contributed by atoms with E-state index in [9.17, 15) is 9.18 Å². The summed E-state index contributed by atoms with van der Waals surface area (Å²) < 4.78 is 18.7. The Morgan fingerprint density at radius 3 is 2.63 bits per heavy atom. The molecule has 19 heavy (non-hydrogen) atoms. The first kappa shape index (κ1) is 15.7. The number of amides is 1. The molecular weight excluding hydrogens is 313 g/mol. The molecule has 0 heterocycles. The maximum absolute atomic E-state index is 13.6. The number of carbonyl (C=O) groups excluding carboxylic acids is 1. The number of alkyl halides is 1. The molecule has 1 aromatic rings. The zero-order valence-corrected chi connectivity index (χ0v) is 12.8. The molecule has 0 aliphatic heterocycles. The average Bonchev–Trinajstić information content (AvgIpc) is 2.28. The van der Waals surface area contributed by atoms with E-state index in [1.807, 2.05) is 0 Å². The number of hydrogen-bond donors (Lipinski definition) is 1. The number of nitrogens with one attached hydrogen (secondary N) is 1. The van der Waals surface area contributed by atoms with Crippen LogP contribution < -0.4 is 5.32 Å². The molecule has 0 aliphatic carbocycles. The summed E-state index contributed by atoms with van der Waals surface area (Å²) in [6, 6.07) is 4.29. The summed E-state index contributed by atoms with van der Waals surface area (Å²) >= 11 is 3.22. The molecule has 5 heteroatoms. The number of anilines is 1. The van der Waals surface area contributed by atoms with Crippen LogP contribution in [0, 0.1) is 5.82 Å². The lowest BCUT2D eigenvalue weighted by molar-refractivity contribution is 0.0636. The molecule has 0 bridgehead atoms. The molecule has 1 N–H and O–H groups in total. The second-order valence-electron chi connectivity index (χ2n) is 5.06. The highest BCUT2D eigenvalue weighted by Gasteiger charge is 2.16. The van der Waals surface area contributed by atoms with E-state index in [4.69, 9.17) is 4.74 Å². The second-order valence-corrected chi connectivity index (χ2v) is 5.62. The van der Waals surface area contributed by atoms with Crippen LogP contribution in [-0.4, -0.2) is 17.0 Å². The molecule has 0 saturated carbocycles. The second kappa shape index (κ2) is 6.19. The molecule has 104 valence electrons. The van der Waals surface area contributed by atoms with E-state index in [0.29, 0.717) is 22.2 Å². The van der Waals surface area contributed by atoms with E-state index in [0.717, 1.165) is 0 Å². The van der Waals surface area contributed by atoms with Crippen molar-refractivity contribution in [1.29, 1.82) is 0 Å². The van der Waals surface area contributed by atoms with Gasteiger partial charge in [0.25, 0.3) is 0 Å². The largest absolute Gasteiger partial charge is 0.444 e. The van der Waals surface area contributed by atoms with E-state index in [1.165, 1.54) is 18.2 Å². The highest BCUT2D eigenvalue weighted by molar-refractivity contribution is 9.09. The van der Waals surface area contributed by atoms with Gasteiger partial charge in [-0.25, -0.2) is 9.18 Å². The number of benzene rings is 1. The summed E-state index contributed by atoms with van der Waals surface area (Å²) in [7, 11) is 0. The van der Waals surface area contributed by atoms with Gasteiger partial charge in [-0.2, -0.15) is 0 Å². The molecular formula is C14H17BrFNO2. The van der Waals surface area contributed by atoms with Gasteiger partial charge in [-0.1, -0.05) is 22.5 Å². The van der Waals surface area contributed by atoms with Gasteiger partial charge in [-0.15, -0.1) is 0 Å². The van der Waals surface area contributed by atoms with Crippen molar-refractivity contribution in [1.82, 2.24) is 0 Å². The molecule has 0 radical (unpaired) electrons. The summed E-state index contributed by atoms with van der Waals surface area (Å²) in [6.07, 6.45) is -0.575. The molecule has 1 amide bonds. The van der Waals surface area contributed by atoms with Gasteiger partial charge in [0.05, 0.1) is 0 Å². The van der Waals surface area contributed by atoms with Crippen LogP contribution in [0.5, 0.6) is 0 Å². The Hall–Kier alpha value is -1.36. The number of rotatable bonds is 3. The van der Waals surface area contributed by atoms with Gasteiger partial charge in [0.2, 0.25) is 0 Å². The van der Waals surface area contributed by atoms with Crippen LogP contribution in [0.3, 0.4) is 0 Å². The quantitative estimate of drug-likeness (QED) is 0.824. The van der Waals surface area contributed by atoms with E-state index >= 15 is 0 Å². The third-order valence-electron chi connectivity index (χ3n) is 2.15. The number of hydrogen-bond acceptors (Lipinski definition) is 2. The van der Waals surface area contributed by atoms with Crippen LogP contribution in [-0.2, 0) is 4.74 Å². The summed E-state index contributed by atoms with van der Waals surface area (Å²) in [5.41, 5.74) is 0.857. The van der Waals surface area contributed by atoms with Crippen molar-refractivity contribution >= 4 is 33.3 Å². The van der Waals surface area contributed by atoms with Crippen LogP contribution in [0.1, 0.15) is 26.3 Å². The molecule has 0 unspecified atom stereocenters. The van der Waals surface area contributed by atoms with Crippen molar-refractivity contribution in [3.05, 3.63) is 36.2 Å². The summed E-state index contributed by atoms with van der Waals surface area (Å²) in [5, 5.41) is 3.02. The standard InChI is InChI=1S/C14H17BrFNO2/c1-9(8-15)11-7-10(5-6-12(11)16)17-13(18)19-14(2,3)4/h5-7H,1,8H2,2-4H3,(H,17,18). The summed E-state index contributed by atoms with van der Waals surface area (Å²) in [4.78, 5) is 11.6. The van der Waals surface area contributed by atoms with E-state index in [-0.39, 0.29) is 5.82 Å². The van der Waals surface area contributed by atoms with Crippen molar-refractivity contribution in [3.8, 4) is 0 Å². The Balaban J connectivity index is 2.86. The van der Waals surface area contributed by atoms with Crippen LogP contribution >= 0.6 is 15.9 Å². The van der Waals surface area contributed by atoms with Crippen molar-refractivity contribution < 1.29 is 13.9 Å². The molecule has 3 nitrogen and oxygen atoms in total. The highest BCUT2D eigenvalue weighted by Crippen LogP contribution is 2.23. The molecule has 0 spiro atoms. The number of carbonyl (C=O) groups is 1. The molecule has 0 fully saturated rings. The molecule has 1 rings (SSSR count). The lowest BCUT2D eigenvalue weighted by Gasteiger charge is -2.20.